The van der Waals surface area contributed by atoms with E-state index in [2.05, 4.69) is 36.6 Å². The maximum absolute atomic E-state index is 5.64. The van der Waals surface area contributed by atoms with Gasteiger partial charge in [0.25, 0.3) is 0 Å². The zero-order valence-electron chi connectivity index (χ0n) is 17.0. The minimum Gasteiger partial charge on any atom is -0.495 e. The number of nitrogens with one attached hydrogen (secondary N) is 2. The molecule has 158 valence electrons. The van der Waals surface area contributed by atoms with Gasteiger partial charge in [0.1, 0.15) is 23.5 Å². The van der Waals surface area contributed by atoms with Crippen LogP contribution in [-0.2, 0) is 4.74 Å². The van der Waals surface area contributed by atoms with E-state index in [1.165, 1.54) is 0 Å². The molecule has 0 saturated carbocycles. The predicted molar refractivity (Wildman–Crippen MR) is 117 cm³/mol. The van der Waals surface area contributed by atoms with Gasteiger partial charge in [-0.05, 0) is 24.3 Å². The molecule has 1 aromatic carbocycles. The van der Waals surface area contributed by atoms with Crippen molar-refractivity contribution in [1.29, 1.82) is 0 Å². The first-order chi connectivity index (χ1) is 15.3. The lowest BCUT2D eigenvalue weighted by Crippen LogP contribution is -2.36. The standard InChI is InChI=1S/C22H22N6O3/c1-29-20-11-17(2-3-19(20)28-6-8-30-9-7-28)26-21-10-15(4-5-23-21)22-18(14-31-27-22)16-12-24-25-13-16/h2-5,10-14H,6-9H2,1H3,(H,23,26)(H,24,25). The van der Waals surface area contributed by atoms with E-state index in [1.54, 1.807) is 32.0 Å². The van der Waals surface area contributed by atoms with Crippen molar-refractivity contribution in [2.24, 2.45) is 0 Å². The fourth-order valence-corrected chi connectivity index (χ4v) is 3.66. The normalized spacial score (nSPS) is 13.9. The second-order valence-corrected chi connectivity index (χ2v) is 7.10. The van der Waals surface area contributed by atoms with Crippen molar-refractivity contribution < 1.29 is 14.0 Å². The van der Waals surface area contributed by atoms with E-state index >= 15 is 0 Å². The Labute approximate surface area is 179 Å². The highest BCUT2D eigenvalue weighted by Gasteiger charge is 2.17. The Bertz CT molecular complexity index is 1150. The molecule has 4 aromatic rings. The van der Waals surface area contributed by atoms with Gasteiger partial charge in [0, 0.05) is 48.4 Å². The third-order valence-corrected chi connectivity index (χ3v) is 5.22. The van der Waals surface area contributed by atoms with E-state index in [-0.39, 0.29) is 0 Å². The summed E-state index contributed by atoms with van der Waals surface area (Å²) in [5.41, 5.74) is 5.33. The lowest BCUT2D eigenvalue weighted by molar-refractivity contribution is 0.122. The van der Waals surface area contributed by atoms with Gasteiger partial charge in [0.15, 0.2) is 0 Å². The molecule has 0 spiro atoms. The summed E-state index contributed by atoms with van der Waals surface area (Å²) in [4.78, 5) is 6.72. The summed E-state index contributed by atoms with van der Waals surface area (Å²) in [7, 11) is 1.68. The first kappa shape index (κ1) is 19.1. The molecule has 1 saturated heterocycles. The van der Waals surface area contributed by atoms with Crippen LogP contribution in [0.15, 0.2) is 59.7 Å². The minimum absolute atomic E-state index is 0.694. The van der Waals surface area contributed by atoms with Crippen LogP contribution in [-0.4, -0.2) is 53.8 Å². The number of nitrogens with zero attached hydrogens (tertiary/aromatic N) is 4. The highest BCUT2D eigenvalue weighted by atomic mass is 16.5. The Balaban J connectivity index is 1.40. The molecule has 1 aliphatic heterocycles. The number of anilines is 3. The number of hydrogen-bond acceptors (Lipinski definition) is 8. The van der Waals surface area contributed by atoms with Crippen molar-refractivity contribution >= 4 is 17.2 Å². The fraction of sp³-hybridized carbons (Fsp3) is 0.227. The Kier molecular flexibility index (Phi) is 5.24. The molecule has 0 amide bonds. The molecule has 4 heterocycles. The molecular weight excluding hydrogens is 396 g/mol. The number of pyridine rings is 1. The first-order valence-corrected chi connectivity index (χ1v) is 9.99. The van der Waals surface area contributed by atoms with Crippen LogP contribution >= 0.6 is 0 Å². The summed E-state index contributed by atoms with van der Waals surface area (Å²) in [5, 5.41) is 14.3. The Hall–Kier alpha value is -3.85. The van der Waals surface area contributed by atoms with Crippen molar-refractivity contribution in [1.82, 2.24) is 20.3 Å². The van der Waals surface area contributed by atoms with Gasteiger partial charge in [0.05, 0.1) is 37.8 Å². The van der Waals surface area contributed by atoms with Gasteiger partial charge in [-0.25, -0.2) is 4.98 Å². The molecule has 1 fully saturated rings. The quantitative estimate of drug-likeness (QED) is 0.489. The zero-order chi connectivity index (χ0) is 21.0. The van der Waals surface area contributed by atoms with Crippen LogP contribution in [0.3, 0.4) is 0 Å². The average molecular weight is 418 g/mol. The van der Waals surface area contributed by atoms with E-state index in [0.29, 0.717) is 5.82 Å². The summed E-state index contributed by atoms with van der Waals surface area (Å²) in [6.45, 7) is 3.15. The highest BCUT2D eigenvalue weighted by Crippen LogP contribution is 2.34. The van der Waals surface area contributed by atoms with Gasteiger partial charge in [-0.3, -0.25) is 5.10 Å². The number of ether oxygens (including phenoxy) is 2. The monoisotopic (exact) mass is 418 g/mol. The van der Waals surface area contributed by atoms with Crippen LogP contribution in [0, 0.1) is 0 Å². The van der Waals surface area contributed by atoms with Crippen LogP contribution in [0.1, 0.15) is 0 Å². The molecule has 1 aliphatic rings. The summed E-state index contributed by atoms with van der Waals surface area (Å²) in [5.74, 6) is 1.50. The largest absolute Gasteiger partial charge is 0.495 e. The molecule has 0 radical (unpaired) electrons. The van der Waals surface area contributed by atoms with Gasteiger partial charge in [-0.1, -0.05) is 5.16 Å². The van der Waals surface area contributed by atoms with E-state index in [1.807, 2.05) is 24.3 Å². The SMILES string of the molecule is COc1cc(Nc2cc(-c3nocc3-c3cn[nH]c3)ccn2)ccc1N1CCOCC1. The second kappa shape index (κ2) is 8.49. The lowest BCUT2D eigenvalue weighted by Gasteiger charge is -2.30. The maximum Gasteiger partial charge on any atom is 0.144 e. The highest BCUT2D eigenvalue weighted by molar-refractivity contribution is 5.80. The van der Waals surface area contributed by atoms with E-state index < -0.39 is 0 Å². The number of aromatic amines is 1. The topological polar surface area (TPSA) is 101 Å². The van der Waals surface area contributed by atoms with Crippen molar-refractivity contribution in [2.45, 2.75) is 0 Å². The molecular formula is C22H22N6O3. The minimum atomic E-state index is 0.694. The molecule has 0 bridgehead atoms. The molecule has 2 N–H and O–H groups in total. The van der Waals surface area contributed by atoms with Gasteiger partial charge >= 0.3 is 0 Å². The third-order valence-electron chi connectivity index (χ3n) is 5.22. The second-order valence-electron chi connectivity index (χ2n) is 7.10. The molecule has 0 atom stereocenters. The van der Waals surface area contributed by atoms with Crippen LogP contribution in [0.5, 0.6) is 5.75 Å². The number of methoxy groups -OCH3 is 1. The van der Waals surface area contributed by atoms with Crippen molar-refractivity contribution in [3.8, 4) is 28.1 Å². The number of benzene rings is 1. The average Bonchev–Trinajstić information content (AvgIpc) is 3.52. The van der Waals surface area contributed by atoms with E-state index in [9.17, 15) is 0 Å². The summed E-state index contributed by atoms with van der Waals surface area (Å²) in [6, 6.07) is 9.89. The molecule has 5 rings (SSSR count). The maximum atomic E-state index is 5.64. The van der Waals surface area contributed by atoms with E-state index in [4.69, 9.17) is 14.0 Å². The van der Waals surface area contributed by atoms with Crippen molar-refractivity contribution in [3.63, 3.8) is 0 Å². The van der Waals surface area contributed by atoms with Crippen molar-refractivity contribution in [3.05, 3.63) is 55.2 Å². The lowest BCUT2D eigenvalue weighted by atomic mass is 10.1. The molecule has 0 unspecified atom stereocenters. The van der Waals surface area contributed by atoms with Gasteiger partial charge in [-0.15, -0.1) is 0 Å². The molecule has 3 aromatic heterocycles. The third kappa shape index (κ3) is 3.95. The Morgan fingerprint density at radius 1 is 1.13 bits per heavy atom. The van der Waals surface area contributed by atoms with Crippen LogP contribution in [0.4, 0.5) is 17.2 Å². The molecule has 9 nitrogen and oxygen atoms in total. The summed E-state index contributed by atoms with van der Waals surface area (Å²) < 4.78 is 16.3. The summed E-state index contributed by atoms with van der Waals surface area (Å²) in [6.07, 6.45) is 6.89. The predicted octanol–water partition coefficient (Wildman–Crippen LogP) is 3.72. The smallest absolute Gasteiger partial charge is 0.144 e. The molecule has 9 heteroatoms. The fourth-order valence-electron chi connectivity index (χ4n) is 3.66. The summed E-state index contributed by atoms with van der Waals surface area (Å²) >= 11 is 0. The molecule has 0 aliphatic carbocycles. The van der Waals surface area contributed by atoms with Gasteiger partial charge in [-0.2, -0.15) is 5.10 Å². The first-order valence-electron chi connectivity index (χ1n) is 9.99. The van der Waals surface area contributed by atoms with E-state index in [0.717, 1.165) is 65.8 Å². The Morgan fingerprint density at radius 3 is 2.84 bits per heavy atom. The number of aromatic nitrogens is 4. The molecule has 31 heavy (non-hydrogen) atoms. The number of morpholine rings is 1. The van der Waals surface area contributed by atoms with Crippen LogP contribution < -0.4 is 15.0 Å². The number of rotatable bonds is 6. The zero-order valence-corrected chi connectivity index (χ0v) is 17.0. The van der Waals surface area contributed by atoms with Crippen LogP contribution in [0.2, 0.25) is 0 Å². The number of hydrogen-bond donors (Lipinski definition) is 2. The van der Waals surface area contributed by atoms with Crippen molar-refractivity contribution in [2.75, 3.05) is 43.6 Å². The Morgan fingerprint density at radius 2 is 2.03 bits per heavy atom. The van der Waals surface area contributed by atoms with Gasteiger partial charge < -0.3 is 24.2 Å². The van der Waals surface area contributed by atoms with Crippen LogP contribution in [0.25, 0.3) is 22.4 Å². The van der Waals surface area contributed by atoms with Gasteiger partial charge in [0.2, 0.25) is 0 Å². The number of H-pyrrole nitrogens is 1.